The number of hydrogen-bond donors (Lipinski definition) is 3. The standard InChI is InChI=1S/C65H123NO5/c1-3-5-7-9-11-13-14-15-16-17-26-30-33-36-39-43-47-51-55-59-65(70)71-60-56-52-48-44-40-37-34-31-28-25-23-21-19-18-20-22-24-27-29-32-35-38-42-46-50-54-58-64(69)66-62(61-67)63(68)57-53-49-45-41-12-10-8-6-4-2/h11,13,15-16,53,57,62-63,67-68H,3-10,12,14,17-52,54-56,58-61H2,1-2H3,(H,66,69)/b13-11-,16-15-,57-53+. The summed E-state index contributed by atoms with van der Waals surface area (Å²) < 4.78 is 5.50. The number of allylic oxidation sites excluding steroid dienone is 5. The first kappa shape index (κ1) is 69.1. The molecule has 0 fully saturated rings. The summed E-state index contributed by atoms with van der Waals surface area (Å²) in [4.78, 5) is 24.5. The number of aliphatic hydroxyl groups is 2. The molecule has 2 unspecified atom stereocenters. The molecule has 6 nitrogen and oxygen atoms in total. The van der Waals surface area contributed by atoms with Gasteiger partial charge in [0, 0.05) is 12.8 Å². The molecule has 0 bridgehead atoms. The van der Waals surface area contributed by atoms with Crippen LogP contribution in [-0.2, 0) is 14.3 Å². The Hall–Kier alpha value is -1.92. The zero-order valence-corrected chi connectivity index (χ0v) is 47.7. The van der Waals surface area contributed by atoms with Crippen LogP contribution in [0.2, 0.25) is 0 Å². The van der Waals surface area contributed by atoms with Crippen LogP contribution < -0.4 is 5.32 Å². The maximum Gasteiger partial charge on any atom is 0.305 e. The number of hydrogen-bond acceptors (Lipinski definition) is 5. The molecular formula is C65H123NO5. The number of amides is 1. The first-order valence-corrected chi connectivity index (χ1v) is 31.8. The number of esters is 1. The molecule has 0 aliphatic carbocycles. The summed E-state index contributed by atoms with van der Waals surface area (Å²) in [6.45, 7) is 4.87. The van der Waals surface area contributed by atoms with E-state index in [4.69, 9.17) is 4.74 Å². The first-order valence-electron chi connectivity index (χ1n) is 31.8. The zero-order chi connectivity index (χ0) is 51.4. The van der Waals surface area contributed by atoms with E-state index in [0.717, 1.165) is 51.4 Å². The number of ether oxygens (including phenoxy) is 1. The van der Waals surface area contributed by atoms with Crippen molar-refractivity contribution in [1.82, 2.24) is 5.32 Å². The molecule has 0 aliphatic rings. The monoisotopic (exact) mass is 998 g/mol. The van der Waals surface area contributed by atoms with Crippen molar-refractivity contribution in [3.63, 3.8) is 0 Å². The molecule has 0 aromatic heterocycles. The summed E-state index contributed by atoms with van der Waals surface area (Å²) in [5, 5.41) is 23.0. The molecule has 0 aliphatic heterocycles. The largest absolute Gasteiger partial charge is 0.466 e. The fraction of sp³-hybridized carbons (Fsp3) is 0.877. The van der Waals surface area contributed by atoms with Crippen molar-refractivity contribution in [3.8, 4) is 0 Å². The lowest BCUT2D eigenvalue weighted by Gasteiger charge is -2.20. The number of carbonyl (C=O) groups excluding carboxylic acids is 2. The minimum absolute atomic E-state index is 0.0130. The molecule has 0 aromatic carbocycles. The van der Waals surface area contributed by atoms with E-state index in [0.29, 0.717) is 19.4 Å². The van der Waals surface area contributed by atoms with E-state index >= 15 is 0 Å². The van der Waals surface area contributed by atoms with E-state index < -0.39 is 12.1 Å². The molecule has 1 amide bonds. The van der Waals surface area contributed by atoms with Crippen molar-refractivity contribution >= 4 is 11.9 Å². The van der Waals surface area contributed by atoms with Gasteiger partial charge in [0.25, 0.3) is 0 Å². The highest BCUT2D eigenvalue weighted by Gasteiger charge is 2.18. The van der Waals surface area contributed by atoms with E-state index in [9.17, 15) is 19.8 Å². The number of unbranched alkanes of at least 4 members (excludes halogenated alkanes) is 44. The molecular weight excluding hydrogens is 875 g/mol. The fourth-order valence-electron chi connectivity index (χ4n) is 9.78. The Kier molecular flexibility index (Phi) is 59.0. The third kappa shape index (κ3) is 57.2. The number of aliphatic hydroxyl groups excluding tert-OH is 2. The molecule has 71 heavy (non-hydrogen) atoms. The Morgan fingerprint density at radius 1 is 0.394 bits per heavy atom. The molecule has 0 spiro atoms. The van der Waals surface area contributed by atoms with Crippen LogP contribution in [0, 0.1) is 0 Å². The molecule has 0 radical (unpaired) electrons. The lowest BCUT2D eigenvalue weighted by Crippen LogP contribution is -2.45. The van der Waals surface area contributed by atoms with Gasteiger partial charge in [0.05, 0.1) is 25.4 Å². The number of rotatable bonds is 59. The van der Waals surface area contributed by atoms with Crippen molar-refractivity contribution in [2.75, 3.05) is 13.2 Å². The van der Waals surface area contributed by atoms with Crippen LogP contribution in [-0.4, -0.2) is 47.4 Å². The van der Waals surface area contributed by atoms with E-state index in [1.54, 1.807) is 6.08 Å². The minimum atomic E-state index is -0.840. The third-order valence-electron chi connectivity index (χ3n) is 14.7. The summed E-state index contributed by atoms with van der Waals surface area (Å²) in [6.07, 6.45) is 76.4. The SMILES string of the molecule is CCCCC/C=C\C/C=C\CCCCCCCCCCCC(=O)OCCCCCCCCCCCCCCCCCCCCCCCCCCCCC(=O)NC(CO)C(O)/C=C/CCCCCCCCC. The smallest absolute Gasteiger partial charge is 0.305 e. The van der Waals surface area contributed by atoms with Crippen molar-refractivity contribution in [2.45, 2.75) is 353 Å². The van der Waals surface area contributed by atoms with Crippen LogP contribution in [0.3, 0.4) is 0 Å². The molecule has 2 atom stereocenters. The molecule has 0 saturated carbocycles. The second-order valence-electron chi connectivity index (χ2n) is 21.7. The Morgan fingerprint density at radius 3 is 1.10 bits per heavy atom. The van der Waals surface area contributed by atoms with Gasteiger partial charge in [-0.25, -0.2) is 0 Å². The predicted molar refractivity (Wildman–Crippen MR) is 310 cm³/mol. The van der Waals surface area contributed by atoms with Gasteiger partial charge < -0.3 is 20.3 Å². The van der Waals surface area contributed by atoms with Crippen molar-refractivity contribution in [3.05, 3.63) is 36.5 Å². The average Bonchev–Trinajstić information content (AvgIpc) is 3.37. The van der Waals surface area contributed by atoms with Gasteiger partial charge in [-0.2, -0.15) is 0 Å². The van der Waals surface area contributed by atoms with Gasteiger partial charge in [-0.15, -0.1) is 0 Å². The van der Waals surface area contributed by atoms with Gasteiger partial charge in [0.2, 0.25) is 5.91 Å². The van der Waals surface area contributed by atoms with Gasteiger partial charge in [-0.3, -0.25) is 9.59 Å². The molecule has 6 heteroatoms. The second kappa shape index (κ2) is 60.6. The van der Waals surface area contributed by atoms with Crippen LogP contribution in [0.1, 0.15) is 341 Å². The van der Waals surface area contributed by atoms with E-state index in [2.05, 4.69) is 43.5 Å². The van der Waals surface area contributed by atoms with E-state index in [1.165, 1.54) is 263 Å². The van der Waals surface area contributed by atoms with Gasteiger partial charge in [0.1, 0.15) is 0 Å². The van der Waals surface area contributed by atoms with Gasteiger partial charge >= 0.3 is 5.97 Å². The molecule has 0 saturated heterocycles. The molecule has 0 rings (SSSR count). The van der Waals surface area contributed by atoms with Crippen molar-refractivity contribution in [1.29, 1.82) is 0 Å². The Balaban J connectivity index is 3.32. The summed E-state index contributed by atoms with van der Waals surface area (Å²) in [7, 11) is 0. The van der Waals surface area contributed by atoms with Crippen molar-refractivity contribution < 1.29 is 24.5 Å². The highest BCUT2D eigenvalue weighted by atomic mass is 16.5. The van der Waals surface area contributed by atoms with E-state index in [1.807, 2.05) is 6.08 Å². The number of nitrogens with one attached hydrogen (secondary N) is 1. The highest BCUT2D eigenvalue weighted by molar-refractivity contribution is 5.76. The van der Waals surface area contributed by atoms with Crippen LogP contribution in [0.15, 0.2) is 36.5 Å². The van der Waals surface area contributed by atoms with Crippen LogP contribution in [0.25, 0.3) is 0 Å². The summed E-state index contributed by atoms with van der Waals surface area (Å²) in [5.41, 5.74) is 0. The molecule has 3 N–H and O–H groups in total. The molecule has 0 aromatic rings. The topological polar surface area (TPSA) is 95.9 Å². The van der Waals surface area contributed by atoms with E-state index in [-0.39, 0.29) is 18.5 Å². The normalized spacial score (nSPS) is 12.8. The Bertz CT molecular complexity index is 1150. The summed E-state index contributed by atoms with van der Waals surface area (Å²) in [6, 6.07) is -0.624. The Morgan fingerprint density at radius 2 is 0.704 bits per heavy atom. The third-order valence-corrected chi connectivity index (χ3v) is 14.7. The Labute approximate surface area is 443 Å². The zero-order valence-electron chi connectivity index (χ0n) is 47.7. The minimum Gasteiger partial charge on any atom is -0.466 e. The molecule has 418 valence electrons. The molecule has 0 heterocycles. The maximum absolute atomic E-state index is 12.4. The highest BCUT2D eigenvalue weighted by Crippen LogP contribution is 2.18. The average molecular weight is 999 g/mol. The predicted octanol–water partition coefficient (Wildman–Crippen LogP) is 20.0. The van der Waals surface area contributed by atoms with Crippen LogP contribution in [0.4, 0.5) is 0 Å². The second-order valence-corrected chi connectivity index (χ2v) is 21.7. The van der Waals surface area contributed by atoms with Gasteiger partial charge in [-0.05, 0) is 64.2 Å². The lowest BCUT2D eigenvalue weighted by atomic mass is 10.0. The van der Waals surface area contributed by atoms with Gasteiger partial charge in [-0.1, -0.05) is 301 Å². The maximum atomic E-state index is 12.4. The first-order chi connectivity index (χ1) is 35.0. The van der Waals surface area contributed by atoms with Gasteiger partial charge in [0.15, 0.2) is 0 Å². The van der Waals surface area contributed by atoms with Crippen LogP contribution in [0.5, 0.6) is 0 Å². The van der Waals surface area contributed by atoms with Crippen molar-refractivity contribution in [2.24, 2.45) is 0 Å². The summed E-state index contributed by atoms with van der Waals surface area (Å²) in [5.74, 6) is -0.0548. The van der Waals surface area contributed by atoms with Crippen LogP contribution >= 0.6 is 0 Å². The number of carbonyl (C=O) groups is 2. The fourth-order valence-corrected chi connectivity index (χ4v) is 9.78. The summed E-state index contributed by atoms with van der Waals surface area (Å²) >= 11 is 0. The lowest BCUT2D eigenvalue weighted by molar-refractivity contribution is -0.143. The quantitative estimate of drug-likeness (QED) is 0.0321.